The van der Waals surface area contributed by atoms with Gasteiger partial charge in [-0.25, -0.2) is 9.98 Å². The van der Waals surface area contributed by atoms with Gasteiger partial charge in [0.1, 0.15) is 23.2 Å². The molecule has 0 saturated carbocycles. The predicted octanol–water partition coefficient (Wildman–Crippen LogP) is 3.46. The normalized spacial score (nSPS) is 11.7. The SMILES string of the molecule is COc1cc(Nc2nc(/N=C(N)\C=C/N)cc3ccccc23)cc(OC)c1. The molecule has 0 fully saturated rings. The van der Waals surface area contributed by atoms with E-state index >= 15 is 0 Å². The van der Waals surface area contributed by atoms with Crippen LogP contribution in [0.5, 0.6) is 11.5 Å². The number of aliphatic imine (C=N–C) groups is 1. The van der Waals surface area contributed by atoms with Crippen LogP contribution in [0.25, 0.3) is 10.8 Å². The molecule has 1 aromatic heterocycles. The quantitative estimate of drug-likeness (QED) is 0.457. The van der Waals surface area contributed by atoms with Gasteiger partial charge in [0.05, 0.1) is 14.2 Å². The summed E-state index contributed by atoms with van der Waals surface area (Å²) in [4.78, 5) is 8.89. The highest BCUT2D eigenvalue weighted by Gasteiger charge is 2.08. The van der Waals surface area contributed by atoms with E-state index in [4.69, 9.17) is 20.9 Å². The third-order valence-electron chi connectivity index (χ3n) is 3.85. The highest BCUT2D eigenvalue weighted by atomic mass is 16.5. The average Bonchev–Trinajstić information content (AvgIpc) is 2.67. The van der Waals surface area contributed by atoms with E-state index in [0.29, 0.717) is 23.1 Å². The molecule has 0 aliphatic rings. The van der Waals surface area contributed by atoms with Crippen molar-refractivity contribution in [2.45, 2.75) is 0 Å². The van der Waals surface area contributed by atoms with E-state index in [1.54, 1.807) is 20.3 Å². The number of hydrogen-bond donors (Lipinski definition) is 3. The summed E-state index contributed by atoms with van der Waals surface area (Å²) in [7, 11) is 3.21. The molecule has 7 heteroatoms. The van der Waals surface area contributed by atoms with Crippen molar-refractivity contribution in [1.29, 1.82) is 0 Å². The van der Waals surface area contributed by atoms with Crippen molar-refractivity contribution in [3.8, 4) is 11.5 Å². The highest BCUT2D eigenvalue weighted by Crippen LogP contribution is 2.32. The molecule has 0 saturated heterocycles. The number of nitrogens with one attached hydrogen (secondary N) is 1. The molecule has 0 unspecified atom stereocenters. The first kappa shape index (κ1) is 18.1. The van der Waals surface area contributed by atoms with Crippen molar-refractivity contribution < 1.29 is 9.47 Å². The lowest BCUT2D eigenvalue weighted by atomic mass is 10.1. The molecule has 3 aromatic rings. The number of pyridine rings is 1. The molecule has 0 spiro atoms. The van der Waals surface area contributed by atoms with Gasteiger partial charge < -0.3 is 26.3 Å². The number of nitrogens with two attached hydrogens (primary N) is 2. The number of fused-ring (bicyclic) bond motifs is 1. The maximum Gasteiger partial charge on any atom is 0.157 e. The Morgan fingerprint density at radius 2 is 1.78 bits per heavy atom. The summed E-state index contributed by atoms with van der Waals surface area (Å²) in [5.74, 6) is 2.74. The molecule has 0 aliphatic heterocycles. The van der Waals surface area contributed by atoms with E-state index in [1.165, 1.54) is 12.3 Å². The van der Waals surface area contributed by atoms with E-state index in [0.717, 1.165) is 16.5 Å². The maximum absolute atomic E-state index is 5.83. The van der Waals surface area contributed by atoms with Crippen molar-refractivity contribution in [1.82, 2.24) is 4.98 Å². The number of ether oxygens (including phenoxy) is 2. The minimum atomic E-state index is 0.272. The summed E-state index contributed by atoms with van der Waals surface area (Å²) in [6, 6.07) is 15.3. The Kier molecular flexibility index (Phi) is 5.41. The minimum Gasteiger partial charge on any atom is -0.497 e. The molecule has 7 nitrogen and oxygen atoms in total. The molecule has 0 bridgehead atoms. The average molecular weight is 363 g/mol. The van der Waals surface area contributed by atoms with Crippen LogP contribution in [-0.4, -0.2) is 25.0 Å². The van der Waals surface area contributed by atoms with Crippen LogP contribution >= 0.6 is 0 Å². The molecule has 5 N–H and O–H groups in total. The summed E-state index contributed by atoms with van der Waals surface area (Å²) in [6.07, 6.45) is 2.85. The monoisotopic (exact) mass is 363 g/mol. The first-order valence-electron chi connectivity index (χ1n) is 8.25. The van der Waals surface area contributed by atoms with Gasteiger partial charge in [0.25, 0.3) is 0 Å². The Hall–Kier alpha value is -3.74. The first-order valence-corrected chi connectivity index (χ1v) is 8.25. The number of amidine groups is 1. The van der Waals surface area contributed by atoms with E-state index in [9.17, 15) is 0 Å². The Morgan fingerprint density at radius 3 is 2.44 bits per heavy atom. The van der Waals surface area contributed by atoms with Crippen LogP contribution in [0, 0.1) is 0 Å². The number of hydrogen-bond acceptors (Lipinski definition) is 6. The second kappa shape index (κ2) is 8.09. The van der Waals surface area contributed by atoms with E-state index in [-0.39, 0.29) is 5.84 Å². The third-order valence-corrected chi connectivity index (χ3v) is 3.85. The van der Waals surface area contributed by atoms with Gasteiger partial charge in [-0.1, -0.05) is 24.3 Å². The third kappa shape index (κ3) is 4.27. The molecular formula is C20H21N5O2. The van der Waals surface area contributed by atoms with Crippen LogP contribution in [0.1, 0.15) is 0 Å². The van der Waals surface area contributed by atoms with Gasteiger partial charge in [0.15, 0.2) is 5.82 Å². The zero-order valence-corrected chi connectivity index (χ0v) is 15.1. The van der Waals surface area contributed by atoms with Gasteiger partial charge in [0.2, 0.25) is 0 Å². The van der Waals surface area contributed by atoms with E-state index < -0.39 is 0 Å². The molecule has 1 heterocycles. The van der Waals surface area contributed by atoms with Crippen molar-refractivity contribution in [2.75, 3.05) is 19.5 Å². The van der Waals surface area contributed by atoms with Gasteiger partial charge >= 0.3 is 0 Å². The van der Waals surface area contributed by atoms with Gasteiger partial charge in [-0.3, -0.25) is 0 Å². The van der Waals surface area contributed by atoms with Crippen LogP contribution in [0.3, 0.4) is 0 Å². The summed E-state index contributed by atoms with van der Waals surface area (Å²) in [5, 5.41) is 5.25. The van der Waals surface area contributed by atoms with Crippen molar-refractivity contribution in [3.05, 3.63) is 60.8 Å². The topological polar surface area (TPSA) is 108 Å². The molecule has 2 aromatic carbocycles. The molecule has 0 aliphatic carbocycles. The van der Waals surface area contributed by atoms with Crippen molar-refractivity contribution >= 4 is 33.9 Å². The van der Waals surface area contributed by atoms with E-state index in [1.807, 2.05) is 42.5 Å². The van der Waals surface area contributed by atoms with Gasteiger partial charge in [-0.15, -0.1) is 0 Å². The predicted molar refractivity (Wildman–Crippen MR) is 109 cm³/mol. The smallest absolute Gasteiger partial charge is 0.157 e. The number of rotatable bonds is 6. The molecule has 0 radical (unpaired) electrons. The van der Waals surface area contributed by atoms with Gasteiger partial charge in [-0.2, -0.15) is 0 Å². The molecule has 3 rings (SSSR count). The summed E-state index contributed by atoms with van der Waals surface area (Å²) in [5.41, 5.74) is 12.0. The fraction of sp³-hybridized carbons (Fsp3) is 0.100. The number of benzene rings is 2. The molecule has 0 amide bonds. The number of nitrogens with zero attached hydrogens (tertiary/aromatic N) is 2. The maximum atomic E-state index is 5.83. The minimum absolute atomic E-state index is 0.272. The number of anilines is 2. The second-order valence-corrected chi connectivity index (χ2v) is 5.67. The van der Waals surface area contributed by atoms with Gasteiger partial charge in [0, 0.05) is 29.3 Å². The van der Waals surface area contributed by atoms with Crippen LogP contribution < -0.4 is 26.3 Å². The largest absolute Gasteiger partial charge is 0.497 e. The zero-order chi connectivity index (χ0) is 19.2. The number of aromatic nitrogens is 1. The Bertz CT molecular complexity index is 992. The van der Waals surface area contributed by atoms with Crippen LogP contribution in [0.4, 0.5) is 17.3 Å². The Morgan fingerprint density at radius 1 is 1.07 bits per heavy atom. The molecule has 138 valence electrons. The van der Waals surface area contributed by atoms with Gasteiger partial charge in [-0.05, 0) is 23.7 Å². The summed E-state index contributed by atoms with van der Waals surface area (Å²) in [6.45, 7) is 0. The summed E-state index contributed by atoms with van der Waals surface area (Å²) >= 11 is 0. The van der Waals surface area contributed by atoms with Crippen LogP contribution in [0.15, 0.2) is 65.8 Å². The van der Waals surface area contributed by atoms with Crippen molar-refractivity contribution in [3.63, 3.8) is 0 Å². The Balaban J connectivity index is 2.09. The lowest BCUT2D eigenvalue weighted by Crippen LogP contribution is -2.08. The van der Waals surface area contributed by atoms with E-state index in [2.05, 4.69) is 15.3 Å². The fourth-order valence-corrected chi connectivity index (χ4v) is 2.62. The lowest BCUT2D eigenvalue weighted by Gasteiger charge is -2.12. The Labute approximate surface area is 157 Å². The second-order valence-electron chi connectivity index (χ2n) is 5.67. The van der Waals surface area contributed by atoms with Crippen molar-refractivity contribution in [2.24, 2.45) is 16.5 Å². The molecule has 27 heavy (non-hydrogen) atoms. The summed E-state index contributed by atoms with van der Waals surface area (Å²) < 4.78 is 10.7. The fourth-order valence-electron chi connectivity index (χ4n) is 2.62. The highest BCUT2D eigenvalue weighted by molar-refractivity contribution is 5.97. The first-order chi connectivity index (χ1) is 13.1. The van der Waals surface area contributed by atoms with Crippen LogP contribution in [0.2, 0.25) is 0 Å². The molecule has 0 atom stereocenters. The molecular weight excluding hydrogens is 342 g/mol. The zero-order valence-electron chi connectivity index (χ0n) is 15.1. The standard InChI is InChI=1S/C20H21N5O2/c1-26-15-10-14(11-16(12-15)27-2)23-20-17-6-4-3-5-13(17)9-19(25-20)24-18(22)7-8-21/h3-12H,21H2,1-2H3,(H3,22,23,24,25)/b8-7-. The number of methoxy groups -OCH3 is 2. The lowest BCUT2D eigenvalue weighted by molar-refractivity contribution is 0.395. The van der Waals surface area contributed by atoms with Crippen LogP contribution in [-0.2, 0) is 0 Å².